The molecule has 32 heavy (non-hydrogen) atoms. The highest BCUT2D eigenvalue weighted by atomic mass is 32.2. The third kappa shape index (κ3) is 5.53. The topological polar surface area (TPSA) is 98.8 Å². The van der Waals surface area contributed by atoms with Crippen LogP contribution < -0.4 is 10.1 Å². The highest BCUT2D eigenvalue weighted by Crippen LogP contribution is 2.28. The summed E-state index contributed by atoms with van der Waals surface area (Å²) < 4.78 is 34.5. The fourth-order valence-electron chi connectivity index (χ4n) is 3.05. The van der Waals surface area contributed by atoms with E-state index in [0.29, 0.717) is 17.0 Å². The molecule has 3 aromatic carbocycles. The lowest BCUT2D eigenvalue weighted by molar-refractivity contribution is -0.125. The molecule has 0 unspecified atom stereocenters. The molecule has 3 aromatic rings. The molecule has 166 valence electrons. The molecule has 0 radical (unpaired) electrons. The first-order chi connectivity index (χ1) is 15.2. The molecule has 0 spiro atoms. The van der Waals surface area contributed by atoms with Gasteiger partial charge >= 0.3 is 5.97 Å². The van der Waals surface area contributed by atoms with Gasteiger partial charge in [0.1, 0.15) is 5.75 Å². The number of carbonyl (C=O) groups excluding carboxylic acids is 2. The lowest BCUT2D eigenvalue weighted by Crippen LogP contribution is -2.26. The molecule has 0 bridgehead atoms. The summed E-state index contributed by atoms with van der Waals surface area (Å²) in [4.78, 5) is 25.9. The van der Waals surface area contributed by atoms with E-state index in [0.717, 1.165) is 11.8 Å². The Morgan fingerprint density at radius 2 is 1.66 bits per heavy atom. The van der Waals surface area contributed by atoms with Crippen LogP contribution in [0.15, 0.2) is 77.7 Å². The molecule has 8 heteroatoms. The lowest BCUT2D eigenvalue weighted by atomic mass is 10.1. The van der Waals surface area contributed by atoms with Gasteiger partial charge in [0.05, 0.1) is 23.3 Å². The Labute approximate surface area is 186 Å². The molecule has 1 atom stereocenters. The van der Waals surface area contributed by atoms with Crippen LogP contribution in [0.25, 0.3) is 0 Å². The zero-order valence-electron chi connectivity index (χ0n) is 17.9. The summed E-state index contributed by atoms with van der Waals surface area (Å²) in [7, 11) is -2.02. The third-order valence-electron chi connectivity index (χ3n) is 4.68. The van der Waals surface area contributed by atoms with Crippen LogP contribution in [0.1, 0.15) is 27.6 Å². The van der Waals surface area contributed by atoms with E-state index in [1.165, 1.54) is 31.4 Å². The average molecular weight is 454 g/mol. The maximum atomic E-state index is 13.1. The number of rotatable bonds is 7. The van der Waals surface area contributed by atoms with Gasteiger partial charge in [0.2, 0.25) is 6.10 Å². The quantitative estimate of drug-likeness (QED) is 0.544. The molecule has 3 rings (SSSR count). The number of esters is 1. The Kier molecular flexibility index (Phi) is 6.95. The van der Waals surface area contributed by atoms with Gasteiger partial charge in [-0.05, 0) is 42.8 Å². The van der Waals surface area contributed by atoms with Crippen molar-refractivity contribution in [1.82, 2.24) is 0 Å². The molecule has 0 saturated heterocycles. The van der Waals surface area contributed by atoms with E-state index >= 15 is 0 Å². The maximum Gasteiger partial charge on any atom is 0.339 e. The van der Waals surface area contributed by atoms with Crippen molar-refractivity contribution < 1.29 is 27.5 Å². The van der Waals surface area contributed by atoms with Gasteiger partial charge in [-0.15, -0.1) is 0 Å². The van der Waals surface area contributed by atoms with E-state index in [1.54, 1.807) is 42.5 Å². The molecule has 1 amide bonds. The predicted molar refractivity (Wildman–Crippen MR) is 121 cm³/mol. The minimum atomic E-state index is -3.51. The molecule has 0 fully saturated rings. The van der Waals surface area contributed by atoms with Crippen molar-refractivity contribution in [3.8, 4) is 5.75 Å². The van der Waals surface area contributed by atoms with Crippen LogP contribution >= 0.6 is 0 Å². The Morgan fingerprint density at radius 1 is 0.938 bits per heavy atom. The zero-order chi connectivity index (χ0) is 23.3. The number of carbonyl (C=O) groups is 2. The molecular weight excluding hydrogens is 430 g/mol. The van der Waals surface area contributed by atoms with Crippen LogP contribution in [0.3, 0.4) is 0 Å². The SMILES string of the molecule is COc1ccc(C)cc1NC(=O)[C@H](OC(=O)c1cccc(S(C)(=O)=O)c1)c1ccccc1. The van der Waals surface area contributed by atoms with Crippen molar-refractivity contribution in [3.05, 3.63) is 89.5 Å². The number of anilines is 1. The van der Waals surface area contributed by atoms with Crippen LogP contribution in [0.4, 0.5) is 5.69 Å². The Hall–Kier alpha value is -3.65. The number of ether oxygens (including phenoxy) is 2. The third-order valence-corrected chi connectivity index (χ3v) is 5.79. The maximum absolute atomic E-state index is 13.1. The van der Waals surface area contributed by atoms with Gasteiger partial charge in [-0.3, -0.25) is 4.79 Å². The minimum absolute atomic E-state index is 0.0165. The van der Waals surface area contributed by atoms with Crippen LogP contribution in [-0.4, -0.2) is 33.7 Å². The predicted octanol–water partition coefficient (Wildman–Crippen LogP) is 3.94. The number of benzene rings is 3. The fourth-order valence-corrected chi connectivity index (χ4v) is 3.71. The molecule has 7 nitrogen and oxygen atoms in total. The van der Waals surface area contributed by atoms with Gasteiger partial charge in [0, 0.05) is 11.8 Å². The van der Waals surface area contributed by atoms with E-state index in [1.807, 2.05) is 13.0 Å². The van der Waals surface area contributed by atoms with Gasteiger partial charge in [-0.2, -0.15) is 0 Å². The second-order valence-electron chi connectivity index (χ2n) is 7.19. The first-order valence-electron chi connectivity index (χ1n) is 9.70. The molecule has 0 heterocycles. The number of amides is 1. The van der Waals surface area contributed by atoms with Crippen molar-refractivity contribution in [3.63, 3.8) is 0 Å². The van der Waals surface area contributed by atoms with Crippen molar-refractivity contribution in [2.45, 2.75) is 17.9 Å². The van der Waals surface area contributed by atoms with E-state index in [9.17, 15) is 18.0 Å². The molecule has 0 aliphatic heterocycles. The van der Waals surface area contributed by atoms with Crippen molar-refractivity contribution in [1.29, 1.82) is 0 Å². The fraction of sp³-hybridized carbons (Fsp3) is 0.167. The van der Waals surface area contributed by atoms with Gasteiger partial charge in [-0.1, -0.05) is 42.5 Å². The van der Waals surface area contributed by atoms with Gasteiger partial charge in [0.15, 0.2) is 9.84 Å². The average Bonchev–Trinajstić information content (AvgIpc) is 2.77. The van der Waals surface area contributed by atoms with Gasteiger partial charge < -0.3 is 14.8 Å². The number of sulfone groups is 1. The molecular formula is C24H23NO6S. The normalized spacial score (nSPS) is 12.0. The second kappa shape index (κ2) is 9.65. The number of methoxy groups -OCH3 is 1. The lowest BCUT2D eigenvalue weighted by Gasteiger charge is -2.19. The Bertz CT molecular complexity index is 1240. The summed E-state index contributed by atoms with van der Waals surface area (Å²) in [5.41, 5.74) is 1.83. The zero-order valence-corrected chi connectivity index (χ0v) is 18.7. The summed E-state index contributed by atoms with van der Waals surface area (Å²) in [6, 6.07) is 19.4. The van der Waals surface area contributed by atoms with Crippen molar-refractivity contribution >= 4 is 27.4 Å². The van der Waals surface area contributed by atoms with Crippen molar-refractivity contribution in [2.75, 3.05) is 18.7 Å². The molecule has 0 aliphatic rings. The Balaban J connectivity index is 1.92. The van der Waals surface area contributed by atoms with Gasteiger partial charge in [0.25, 0.3) is 5.91 Å². The standard InChI is InChI=1S/C24H23NO6S/c1-16-12-13-21(30-2)20(14-16)25-23(26)22(17-8-5-4-6-9-17)31-24(27)18-10-7-11-19(15-18)32(3,28)29/h4-15,22H,1-3H3,(H,25,26)/t22-/m1/s1. The first-order valence-corrected chi connectivity index (χ1v) is 11.6. The summed E-state index contributed by atoms with van der Waals surface area (Å²) in [5.74, 6) is -0.939. The highest BCUT2D eigenvalue weighted by molar-refractivity contribution is 7.90. The summed E-state index contributed by atoms with van der Waals surface area (Å²) in [5, 5.41) is 2.76. The summed E-state index contributed by atoms with van der Waals surface area (Å²) >= 11 is 0. The van der Waals surface area contributed by atoms with Crippen LogP contribution in [0.5, 0.6) is 5.75 Å². The summed E-state index contributed by atoms with van der Waals surface area (Å²) in [6.07, 6.45) is -0.219. The molecule has 0 aromatic heterocycles. The second-order valence-corrected chi connectivity index (χ2v) is 9.20. The largest absolute Gasteiger partial charge is 0.495 e. The minimum Gasteiger partial charge on any atom is -0.495 e. The molecule has 0 aliphatic carbocycles. The first kappa shape index (κ1) is 23.0. The highest BCUT2D eigenvalue weighted by Gasteiger charge is 2.27. The van der Waals surface area contributed by atoms with Crippen LogP contribution in [-0.2, 0) is 19.4 Å². The number of aryl methyl sites for hydroxylation is 1. The van der Waals surface area contributed by atoms with Crippen LogP contribution in [0, 0.1) is 6.92 Å². The summed E-state index contributed by atoms with van der Waals surface area (Å²) in [6.45, 7) is 1.87. The molecule has 0 saturated carbocycles. The van der Waals surface area contributed by atoms with Crippen LogP contribution in [0.2, 0.25) is 0 Å². The van der Waals surface area contributed by atoms with Crippen molar-refractivity contribution in [2.24, 2.45) is 0 Å². The monoisotopic (exact) mass is 453 g/mol. The van der Waals surface area contributed by atoms with E-state index in [-0.39, 0.29) is 10.5 Å². The van der Waals surface area contributed by atoms with E-state index in [2.05, 4.69) is 5.32 Å². The number of hydrogen-bond acceptors (Lipinski definition) is 6. The number of hydrogen-bond donors (Lipinski definition) is 1. The Morgan fingerprint density at radius 3 is 2.31 bits per heavy atom. The molecule has 1 N–H and O–H groups in total. The number of nitrogens with one attached hydrogen (secondary N) is 1. The smallest absolute Gasteiger partial charge is 0.339 e. The van der Waals surface area contributed by atoms with Gasteiger partial charge in [-0.25, -0.2) is 13.2 Å². The van der Waals surface area contributed by atoms with E-state index in [4.69, 9.17) is 9.47 Å². The van der Waals surface area contributed by atoms with E-state index < -0.39 is 27.8 Å².